The van der Waals surface area contributed by atoms with E-state index in [4.69, 9.17) is 29.6 Å². The van der Waals surface area contributed by atoms with Gasteiger partial charge < -0.3 is 15.5 Å². The van der Waals surface area contributed by atoms with E-state index in [1.54, 1.807) is 0 Å². The summed E-state index contributed by atoms with van der Waals surface area (Å²) >= 11 is 11.3. The maximum Gasteiger partial charge on any atom is 0.104 e. The van der Waals surface area contributed by atoms with Crippen molar-refractivity contribution in [2.75, 3.05) is 27.7 Å². The summed E-state index contributed by atoms with van der Waals surface area (Å²) < 4.78 is 0. The van der Waals surface area contributed by atoms with Crippen LogP contribution in [0.1, 0.15) is 30.4 Å². The van der Waals surface area contributed by atoms with Crippen LogP contribution in [0.5, 0.6) is 0 Å². The molecular formula is C16H24ClN3S. The van der Waals surface area contributed by atoms with Gasteiger partial charge in [0.25, 0.3) is 0 Å². The second-order valence-electron chi connectivity index (χ2n) is 6.32. The molecule has 0 aliphatic heterocycles. The molecule has 5 heteroatoms. The fourth-order valence-electron chi connectivity index (χ4n) is 3.01. The lowest BCUT2D eigenvalue weighted by Gasteiger charge is -2.49. The van der Waals surface area contributed by atoms with Gasteiger partial charge in [-0.05, 0) is 52.0 Å². The summed E-state index contributed by atoms with van der Waals surface area (Å²) in [6, 6.07) is 5.83. The molecule has 0 radical (unpaired) electrons. The molecule has 2 N–H and O–H groups in total. The molecule has 0 saturated heterocycles. The average Bonchev–Trinajstić information content (AvgIpc) is 2.35. The molecule has 1 aromatic rings. The summed E-state index contributed by atoms with van der Waals surface area (Å²) in [5, 5.41) is 0.736. The minimum absolute atomic E-state index is 0.333. The highest BCUT2D eigenvalue weighted by atomic mass is 35.5. The van der Waals surface area contributed by atoms with Gasteiger partial charge in [0.1, 0.15) is 4.99 Å². The minimum atomic E-state index is 0.333. The Morgan fingerprint density at radius 2 is 2.00 bits per heavy atom. The van der Waals surface area contributed by atoms with Crippen LogP contribution in [0, 0.1) is 0 Å². The first-order valence-electron chi connectivity index (χ1n) is 7.28. The van der Waals surface area contributed by atoms with E-state index in [1.165, 1.54) is 19.3 Å². The quantitative estimate of drug-likeness (QED) is 0.815. The van der Waals surface area contributed by atoms with Crippen LogP contribution in [-0.4, -0.2) is 48.0 Å². The van der Waals surface area contributed by atoms with Crippen molar-refractivity contribution in [2.45, 2.75) is 31.3 Å². The lowest BCUT2D eigenvalue weighted by molar-refractivity contribution is 0.0259. The normalized spacial score (nSPS) is 17.0. The summed E-state index contributed by atoms with van der Waals surface area (Å²) in [6.07, 6.45) is 3.88. The Morgan fingerprint density at radius 3 is 2.43 bits per heavy atom. The van der Waals surface area contributed by atoms with E-state index in [-0.39, 0.29) is 0 Å². The van der Waals surface area contributed by atoms with Gasteiger partial charge in [-0.2, -0.15) is 0 Å². The zero-order chi connectivity index (χ0) is 15.6. The zero-order valence-corrected chi connectivity index (χ0v) is 14.6. The van der Waals surface area contributed by atoms with Crippen LogP contribution in [0.3, 0.4) is 0 Å². The van der Waals surface area contributed by atoms with Gasteiger partial charge in [0.05, 0.1) is 0 Å². The van der Waals surface area contributed by atoms with Crippen LogP contribution in [0.2, 0.25) is 5.02 Å². The number of benzene rings is 1. The molecule has 2 rings (SSSR count). The Morgan fingerprint density at radius 1 is 1.33 bits per heavy atom. The third-order valence-corrected chi connectivity index (χ3v) is 5.16. The van der Waals surface area contributed by atoms with E-state index < -0.39 is 0 Å². The van der Waals surface area contributed by atoms with Gasteiger partial charge in [-0.1, -0.05) is 36.0 Å². The molecule has 0 amide bonds. The molecule has 1 aromatic carbocycles. The highest BCUT2D eigenvalue weighted by molar-refractivity contribution is 7.80. The van der Waals surface area contributed by atoms with Gasteiger partial charge in [-0.15, -0.1) is 0 Å². The van der Waals surface area contributed by atoms with Crippen LogP contribution in [0.15, 0.2) is 18.2 Å². The molecule has 1 aliphatic rings. The number of hydrogen-bond donors (Lipinski definition) is 1. The van der Waals surface area contributed by atoms with Crippen molar-refractivity contribution in [3.63, 3.8) is 0 Å². The molecule has 0 aromatic heterocycles. The molecular weight excluding hydrogens is 302 g/mol. The average molecular weight is 326 g/mol. The summed E-state index contributed by atoms with van der Waals surface area (Å²) in [4.78, 5) is 5.10. The smallest absolute Gasteiger partial charge is 0.104 e. The topological polar surface area (TPSA) is 32.5 Å². The molecule has 116 valence electrons. The maximum absolute atomic E-state index is 6.35. The van der Waals surface area contributed by atoms with E-state index in [0.29, 0.717) is 10.5 Å². The van der Waals surface area contributed by atoms with E-state index >= 15 is 0 Å². The van der Waals surface area contributed by atoms with Crippen molar-refractivity contribution in [3.8, 4) is 0 Å². The number of likely N-dealkylation sites (N-methyl/N-ethyl adjacent to an activating group) is 2. The van der Waals surface area contributed by atoms with Crippen LogP contribution in [0.25, 0.3) is 0 Å². The number of nitrogens with zero attached hydrogens (tertiary/aromatic N) is 2. The van der Waals surface area contributed by atoms with E-state index in [2.05, 4.69) is 30.9 Å². The van der Waals surface area contributed by atoms with Gasteiger partial charge >= 0.3 is 0 Å². The fraction of sp³-hybridized carbons (Fsp3) is 0.562. The first-order chi connectivity index (χ1) is 9.84. The van der Waals surface area contributed by atoms with Crippen molar-refractivity contribution < 1.29 is 0 Å². The number of halogens is 1. The molecule has 0 unspecified atom stereocenters. The van der Waals surface area contributed by atoms with Gasteiger partial charge in [0.2, 0.25) is 0 Å². The summed E-state index contributed by atoms with van der Waals surface area (Å²) in [5.41, 5.74) is 7.91. The zero-order valence-electron chi connectivity index (χ0n) is 13.0. The third-order valence-electron chi connectivity index (χ3n) is 4.58. The highest BCUT2D eigenvalue weighted by Crippen LogP contribution is 2.37. The van der Waals surface area contributed by atoms with Crippen molar-refractivity contribution in [2.24, 2.45) is 5.73 Å². The lowest BCUT2D eigenvalue weighted by atomic mass is 9.75. The molecule has 0 heterocycles. The van der Waals surface area contributed by atoms with Crippen LogP contribution in [0.4, 0.5) is 0 Å². The van der Waals surface area contributed by atoms with Crippen molar-refractivity contribution in [1.29, 1.82) is 0 Å². The Hall–Kier alpha value is -0.680. The summed E-state index contributed by atoms with van der Waals surface area (Å²) in [6.45, 7) is 1.90. The maximum atomic E-state index is 6.35. The van der Waals surface area contributed by atoms with Gasteiger partial charge in [-0.3, -0.25) is 0 Å². The Balaban J connectivity index is 2.03. The standard InChI is InChI=1S/C16H24ClN3S/c1-19(2)16(7-4-8-16)11-20(3)10-13-6-5-12(15(18)21)9-14(13)17/h5-6,9H,4,7-8,10-11H2,1-3H3,(H2,18,21). The highest BCUT2D eigenvalue weighted by Gasteiger charge is 2.39. The summed E-state index contributed by atoms with van der Waals surface area (Å²) in [5.74, 6) is 0. The Bertz CT molecular complexity index is 526. The van der Waals surface area contributed by atoms with E-state index in [9.17, 15) is 0 Å². The molecule has 1 saturated carbocycles. The Labute approximate surface area is 138 Å². The predicted octanol–water partition coefficient (Wildman–Crippen LogP) is 2.89. The van der Waals surface area contributed by atoms with Crippen LogP contribution < -0.4 is 5.73 Å². The number of rotatable bonds is 6. The van der Waals surface area contributed by atoms with Crippen molar-refractivity contribution >= 4 is 28.8 Å². The third kappa shape index (κ3) is 3.75. The number of hydrogen-bond acceptors (Lipinski definition) is 3. The van der Waals surface area contributed by atoms with Gasteiger partial charge in [0.15, 0.2) is 0 Å². The SMILES string of the molecule is CN(Cc1ccc(C(N)=S)cc1Cl)CC1(N(C)C)CCC1. The van der Waals surface area contributed by atoms with Crippen LogP contribution in [-0.2, 0) is 6.54 Å². The molecule has 21 heavy (non-hydrogen) atoms. The number of nitrogens with two attached hydrogens (primary N) is 1. The molecule has 3 nitrogen and oxygen atoms in total. The molecule has 0 spiro atoms. The second-order valence-corrected chi connectivity index (χ2v) is 7.16. The van der Waals surface area contributed by atoms with E-state index in [0.717, 1.165) is 29.2 Å². The predicted molar refractivity (Wildman–Crippen MR) is 93.9 cm³/mol. The first-order valence-corrected chi connectivity index (χ1v) is 8.07. The second kappa shape index (κ2) is 6.61. The fourth-order valence-corrected chi connectivity index (χ4v) is 3.38. The Kier molecular flexibility index (Phi) is 5.25. The van der Waals surface area contributed by atoms with Crippen molar-refractivity contribution in [3.05, 3.63) is 34.3 Å². The molecule has 0 bridgehead atoms. The molecule has 0 atom stereocenters. The lowest BCUT2D eigenvalue weighted by Crippen LogP contribution is -2.56. The minimum Gasteiger partial charge on any atom is -0.389 e. The van der Waals surface area contributed by atoms with E-state index in [1.807, 2.05) is 18.2 Å². The largest absolute Gasteiger partial charge is 0.389 e. The monoisotopic (exact) mass is 325 g/mol. The van der Waals surface area contributed by atoms with Gasteiger partial charge in [0, 0.05) is 29.2 Å². The van der Waals surface area contributed by atoms with Crippen LogP contribution >= 0.6 is 23.8 Å². The number of thiocarbonyl (C=S) groups is 1. The molecule has 1 aliphatic carbocycles. The first kappa shape index (κ1) is 16.7. The summed E-state index contributed by atoms with van der Waals surface area (Å²) in [7, 11) is 6.51. The molecule has 1 fully saturated rings. The van der Waals surface area contributed by atoms with Crippen molar-refractivity contribution in [1.82, 2.24) is 9.80 Å². The van der Waals surface area contributed by atoms with Gasteiger partial charge in [-0.25, -0.2) is 0 Å².